The van der Waals surface area contributed by atoms with Crippen molar-refractivity contribution in [2.24, 2.45) is 0 Å². The van der Waals surface area contributed by atoms with E-state index in [-0.39, 0.29) is 31.8 Å². The fourth-order valence-electron chi connectivity index (χ4n) is 2.93. The Morgan fingerprint density at radius 1 is 1.36 bits per heavy atom. The monoisotopic (exact) mass is 361 g/mol. The van der Waals surface area contributed by atoms with Crippen LogP contribution in [-0.2, 0) is 22.6 Å². The molecule has 0 radical (unpaired) electrons. The maximum atomic E-state index is 15.1. The molecule has 2 aromatic rings. The van der Waals surface area contributed by atoms with Gasteiger partial charge in [0, 0.05) is 25.5 Å². The number of amides is 2. The molecular weight excluding hydrogens is 341 g/mol. The highest BCUT2D eigenvalue weighted by Gasteiger charge is 2.43. The number of carbonyl (C=O) groups is 2. The second-order valence-corrected chi connectivity index (χ2v) is 7.02. The number of hydrogen-bond acceptors (Lipinski definition) is 4. The van der Waals surface area contributed by atoms with E-state index in [2.05, 4.69) is 10.3 Å². The van der Waals surface area contributed by atoms with Crippen molar-refractivity contribution in [3.05, 3.63) is 52.5 Å². The van der Waals surface area contributed by atoms with E-state index < -0.39 is 11.6 Å². The lowest BCUT2D eigenvalue weighted by molar-refractivity contribution is -0.143. The van der Waals surface area contributed by atoms with Gasteiger partial charge in [0.2, 0.25) is 11.6 Å². The lowest BCUT2D eigenvalue weighted by Crippen LogP contribution is -2.55. The van der Waals surface area contributed by atoms with Gasteiger partial charge in [0.25, 0.3) is 5.91 Å². The summed E-state index contributed by atoms with van der Waals surface area (Å²) in [7, 11) is 0. The van der Waals surface area contributed by atoms with Gasteiger partial charge in [-0.3, -0.25) is 14.6 Å². The average molecular weight is 361 g/mol. The van der Waals surface area contributed by atoms with Crippen molar-refractivity contribution in [1.82, 2.24) is 15.2 Å². The van der Waals surface area contributed by atoms with Gasteiger partial charge in [-0.1, -0.05) is 6.07 Å². The molecule has 0 aromatic carbocycles. The summed E-state index contributed by atoms with van der Waals surface area (Å²) in [5.41, 5.74) is -0.309. The highest BCUT2D eigenvalue weighted by atomic mass is 32.1. The maximum absolute atomic E-state index is 15.1. The van der Waals surface area contributed by atoms with E-state index in [1.165, 1.54) is 16.2 Å². The molecule has 7 heteroatoms. The number of carbonyl (C=O) groups excluding carboxylic acids is 2. The number of pyridine rings is 1. The fraction of sp³-hybridized carbons (Fsp3) is 0.389. The normalized spacial score (nSPS) is 20.3. The van der Waals surface area contributed by atoms with Crippen molar-refractivity contribution in [1.29, 1.82) is 0 Å². The molecule has 1 fully saturated rings. The summed E-state index contributed by atoms with van der Waals surface area (Å²) < 4.78 is 15.1. The Kier molecular flexibility index (Phi) is 5.43. The van der Waals surface area contributed by atoms with Crippen LogP contribution in [0.5, 0.6) is 0 Å². The van der Waals surface area contributed by atoms with Gasteiger partial charge in [-0.25, -0.2) is 4.39 Å². The lowest BCUT2D eigenvalue weighted by Gasteiger charge is -2.36. The van der Waals surface area contributed by atoms with E-state index in [1.54, 1.807) is 18.5 Å². The molecule has 0 saturated carbocycles. The molecule has 3 rings (SSSR count). The predicted molar refractivity (Wildman–Crippen MR) is 93.8 cm³/mol. The number of rotatable bonds is 5. The average Bonchev–Trinajstić information content (AvgIpc) is 3.13. The number of nitrogens with one attached hydrogen (secondary N) is 1. The van der Waals surface area contributed by atoms with E-state index in [9.17, 15) is 9.59 Å². The predicted octanol–water partition coefficient (Wildman–Crippen LogP) is 2.33. The summed E-state index contributed by atoms with van der Waals surface area (Å²) in [5.74, 6) is -0.801. The zero-order valence-corrected chi connectivity index (χ0v) is 14.6. The minimum atomic E-state index is -2.04. The number of nitrogens with zero attached hydrogens (tertiary/aromatic N) is 2. The first kappa shape index (κ1) is 17.5. The molecule has 0 spiro atoms. The zero-order chi connectivity index (χ0) is 17.7. The molecule has 1 unspecified atom stereocenters. The van der Waals surface area contributed by atoms with E-state index in [1.807, 2.05) is 22.9 Å². The Bertz CT molecular complexity index is 723. The minimum Gasteiger partial charge on any atom is -0.349 e. The van der Waals surface area contributed by atoms with E-state index in [4.69, 9.17) is 0 Å². The van der Waals surface area contributed by atoms with Gasteiger partial charge in [0.1, 0.15) is 0 Å². The number of alkyl halides is 1. The number of halogens is 1. The first-order valence-electron chi connectivity index (χ1n) is 8.22. The van der Waals surface area contributed by atoms with Crippen LogP contribution in [-0.4, -0.2) is 40.5 Å². The first-order valence-corrected chi connectivity index (χ1v) is 9.16. The van der Waals surface area contributed by atoms with Crippen LogP contribution >= 0.6 is 11.3 Å². The van der Waals surface area contributed by atoms with Crippen molar-refractivity contribution in [3.8, 4) is 0 Å². The summed E-state index contributed by atoms with van der Waals surface area (Å²) in [6.45, 7) is 0.528. The minimum absolute atomic E-state index is 0.133. The molecule has 0 aliphatic carbocycles. The topological polar surface area (TPSA) is 62.3 Å². The van der Waals surface area contributed by atoms with Crippen LogP contribution in [0.25, 0.3) is 0 Å². The molecule has 1 aliphatic heterocycles. The molecule has 2 aromatic heterocycles. The van der Waals surface area contributed by atoms with Crippen LogP contribution in [0.15, 0.2) is 41.4 Å². The van der Waals surface area contributed by atoms with Gasteiger partial charge in [0.05, 0.1) is 13.0 Å². The highest BCUT2D eigenvalue weighted by Crippen LogP contribution is 2.26. The molecule has 2 amide bonds. The second kappa shape index (κ2) is 7.74. The van der Waals surface area contributed by atoms with Crippen molar-refractivity contribution in [3.63, 3.8) is 0 Å². The van der Waals surface area contributed by atoms with Crippen molar-refractivity contribution in [2.75, 3.05) is 13.1 Å². The number of piperidine rings is 1. The van der Waals surface area contributed by atoms with Crippen LogP contribution < -0.4 is 5.32 Å². The molecule has 1 atom stereocenters. The van der Waals surface area contributed by atoms with E-state index >= 15 is 4.39 Å². The SMILES string of the molecule is O=C(Cc1ccsc1)N1CCCC(F)(C(=O)NCc2cccnc2)C1. The van der Waals surface area contributed by atoms with Crippen LogP contribution in [0.4, 0.5) is 4.39 Å². The molecule has 5 nitrogen and oxygen atoms in total. The molecular formula is C18H20FN3O2S. The smallest absolute Gasteiger partial charge is 0.259 e. The number of hydrogen-bond donors (Lipinski definition) is 1. The molecule has 132 valence electrons. The van der Waals surface area contributed by atoms with Gasteiger partial charge in [0.15, 0.2) is 0 Å². The Morgan fingerprint density at radius 2 is 2.24 bits per heavy atom. The summed E-state index contributed by atoms with van der Waals surface area (Å²) in [5, 5.41) is 6.44. The number of likely N-dealkylation sites (tertiary alicyclic amines) is 1. The summed E-state index contributed by atoms with van der Waals surface area (Å²) in [6.07, 6.45) is 4.12. The Hall–Kier alpha value is -2.28. The van der Waals surface area contributed by atoms with Crippen LogP contribution in [0.1, 0.15) is 24.0 Å². The Balaban J connectivity index is 1.58. The third-order valence-electron chi connectivity index (χ3n) is 4.31. The van der Waals surface area contributed by atoms with Gasteiger partial charge in [-0.2, -0.15) is 11.3 Å². The van der Waals surface area contributed by atoms with Crippen LogP contribution in [0.2, 0.25) is 0 Å². The van der Waals surface area contributed by atoms with E-state index in [0.29, 0.717) is 13.0 Å². The van der Waals surface area contributed by atoms with Crippen LogP contribution in [0, 0.1) is 0 Å². The first-order chi connectivity index (χ1) is 12.1. The Labute approximate surface area is 149 Å². The molecule has 3 heterocycles. The van der Waals surface area contributed by atoms with Gasteiger partial charge >= 0.3 is 0 Å². The third-order valence-corrected chi connectivity index (χ3v) is 5.05. The van der Waals surface area contributed by atoms with Crippen molar-refractivity contribution in [2.45, 2.75) is 31.5 Å². The molecule has 0 bridgehead atoms. The van der Waals surface area contributed by atoms with Gasteiger partial charge in [-0.05, 0) is 46.9 Å². The number of thiophene rings is 1. The quantitative estimate of drug-likeness (QED) is 0.889. The Morgan fingerprint density at radius 3 is 2.96 bits per heavy atom. The maximum Gasteiger partial charge on any atom is 0.259 e. The van der Waals surface area contributed by atoms with Crippen molar-refractivity contribution >= 4 is 23.2 Å². The zero-order valence-electron chi connectivity index (χ0n) is 13.8. The molecule has 1 aliphatic rings. The largest absolute Gasteiger partial charge is 0.349 e. The summed E-state index contributed by atoms with van der Waals surface area (Å²) >= 11 is 1.52. The standard InChI is InChI=1S/C18H20FN3O2S/c19-18(17(24)21-11-15-3-1-6-20-10-15)5-2-7-22(13-18)16(23)9-14-4-8-25-12-14/h1,3-4,6,8,10,12H,2,5,7,9,11,13H2,(H,21,24). The summed E-state index contributed by atoms with van der Waals surface area (Å²) in [6, 6.07) is 5.46. The summed E-state index contributed by atoms with van der Waals surface area (Å²) in [4.78, 5) is 30.1. The van der Waals surface area contributed by atoms with Gasteiger partial charge < -0.3 is 10.2 Å². The number of aromatic nitrogens is 1. The highest BCUT2D eigenvalue weighted by molar-refractivity contribution is 7.08. The fourth-order valence-corrected chi connectivity index (χ4v) is 3.60. The third kappa shape index (κ3) is 4.42. The van der Waals surface area contributed by atoms with Crippen LogP contribution in [0.3, 0.4) is 0 Å². The lowest BCUT2D eigenvalue weighted by atomic mass is 9.93. The molecule has 1 N–H and O–H groups in total. The molecule has 1 saturated heterocycles. The van der Waals surface area contributed by atoms with Gasteiger partial charge in [-0.15, -0.1) is 0 Å². The molecule has 25 heavy (non-hydrogen) atoms. The second-order valence-electron chi connectivity index (χ2n) is 6.24. The van der Waals surface area contributed by atoms with E-state index in [0.717, 1.165) is 11.1 Å². The van der Waals surface area contributed by atoms with Crippen molar-refractivity contribution < 1.29 is 14.0 Å².